The van der Waals surface area contributed by atoms with E-state index in [1.165, 1.54) is 4.88 Å². The van der Waals surface area contributed by atoms with Crippen molar-refractivity contribution in [3.8, 4) is 5.82 Å². The van der Waals surface area contributed by atoms with Gasteiger partial charge in [-0.05, 0) is 71.1 Å². The second-order valence-corrected chi connectivity index (χ2v) is 10.6. The van der Waals surface area contributed by atoms with Gasteiger partial charge in [-0.15, -0.1) is 16.4 Å². The molecular weight excluding hydrogens is 424 g/mol. The lowest BCUT2D eigenvalue weighted by molar-refractivity contribution is 0.0205. The van der Waals surface area contributed by atoms with E-state index in [4.69, 9.17) is 9.84 Å². The smallest absolute Gasteiger partial charge is 0.410 e. The zero-order valence-electron chi connectivity index (χ0n) is 19.1. The molecule has 0 aromatic carbocycles. The maximum atomic E-state index is 12.4. The Morgan fingerprint density at radius 2 is 1.94 bits per heavy atom. The second-order valence-electron chi connectivity index (χ2n) is 9.53. The van der Waals surface area contributed by atoms with E-state index in [1.807, 2.05) is 67.2 Å². The molecule has 1 fully saturated rings. The fraction of sp³-hybridized carbons (Fsp3) is 0.478. The number of nitrogens with zero attached hydrogens (tertiary/aromatic N) is 6. The van der Waals surface area contributed by atoms with E-state index in [0.717, 1.165) is 58.9 Å². The Balaban J connectivity index is 1.37. The monoisotopic (exact) mass is 452 g/mol. The number of likely N-dealkylation sites (tertiary alicyclic amines) is 1. The van der Waals surface area contributed by atoms with Crippen LogP contribution in [0.1, 0.15) is 55.7 Å². The molecule has 32 heavy (non-hydrogen) atoms. The van der Waals surface area contributed by atoms with Crippen LogP contribution in [0.25, 0.3) is 21.7 Å². The van der Waals surface area contributed by atoms with Crippen molar-refractivity contribution in [2.75, 3.05) is 13.1 Å². The number of aryl methyl sites for hydroxylation is 2. The highest BCUT2D eigenvalue weighted by molar-refractivity contribution is 7.19. The number of thiophene rings is 1. The molecule has 0 N–H and O–H groups in total. The largest absolute Gasteiger partial charge is 0.444 e. The van der Waals surface area contributed by atoms with E-state index in [1.54, 1.807) is 11.3 Å². The van der Waals surface area contributed by atoms with Gasteiger partial charge in [0.2, 0.25) is 0 Å². The third kappa shape index (κ3) is 3.85. The van der Waals surface area contributed by atoms with Crippen molar-refractivity contribution >= 4 is 33.3 Å². The van der Waals surface area contributed by atoms with Gasteiger partial charge in [0.25, 0.3) is 0 Å². The molecule has 1 amide bonds. The highest BCUT2D eigenvalue weighted by Gasteiger charge is 2.28. The van der Waals surface area contributed by atoms with Crippen LogP contribution in [-0.4, -0.2) is 54.1 Å². The number of hydrogen-bond donors (Lipinski definition) is 0. The number of fused-ring (bicyclic) bond motifs is 2. The van der Waals surface area contributed by atoms with Gasteiger partial charge in [-0.25, -0.2) is 19.0 Å². The van der Waals surface area contributed by atoms with Crippen LogP contribution in [0.3, 0.4) is 0 Å². The van der Waals surface area contributed by atoms with Gasteiger partial charge in [0, 0.05) is 18.0 Å². The Hall–Kier alpha value is -2.94. The van der Waals surface area contributed by atoms with Gasteiger partial charge in [0.15, 0.2) is 11.5 Å². The molecule has 0 saturated carbocycles. The summed E-state index contributed by atoms with van der Waals surface area (Å²) in [6, 6.07) is 4.27. The first kappa shape index (κ1) is 20.9. The first-order valence-electron chi connectivity index (χ1n) is 11.0. The molecule has 0 bridgehead atoms. The van der Waals surface area contributed by atoms with Gasteiger partial charge < -0.3 is 9.64 Å². The van der Waals surface area contributed by atoms with Crippen molar-refractivity contribution in [3.63, 3.8) is 0 Å². The van der Waals surface area contributed by atoms with E-state index in [9.17, 15) is 4.79 Å². The summed E-state index contributed by atoms with van der Waals surface area (Å²) in [7, 11) is 0. The second kappa shape index (κ2) is 7.58. The summed E-state index contributed by atoms with van der Waals surface area (Å²) < 4.78 is 10.4. The molecule has 9 heteroatoms. The molecule has 1 aliphatic heterocycles. The molecule has 0 aliphatic carbocycles. The standard InChI is InChI=1S/C23H28N6O2S/c1-14-10-20(26-28-13-15(2)25-21(14)28)29-17-11-18(32-19(17)12-24-29)16-6-8-27(9-7-16)22(30)31-23(3,4)5/h10-13,16H,6-9H2,1-5H3. The Labute approximate surface area is 190 Å². The minimum atomic E-state index is -0.462. The molecule has 1 aliphatic rings. The molecular formula is C23H28N6O2S. The summed E-state index contributed by atoms with van der Waals surface area (Å²) in [4.78, 5) is 20.1. The van der Waals surface area contributed by atoms with E-state index in [0.29, 0.717) is 5.92 Å². The minimum Gasteiger partial charge on any atom is -0.444 e. The normalized spacial score (nSPS) is 15.7. The van der Waals surface area contributed by atoms with Crippen LogP contribution in [0.4, 0.5) is 4.79 Å². The van der Waals surface area contributed by atoms with Crippen LogP contribution in [0.2, 0.25) is 0 Å². The van der Waals surface area contributed by atoms with Crippen molar-refractivity contribution in [1.82, 2.24) is 29.3 Å². The molecule has 8 nitrogen and oxygen atoms in total. The Morgan fingerprint density at radius 3 is 2.66 bits per heavy atom. The van der Waals surface area contributed by atoms with Crippen LogP contribution in [-0.2, 0) is 4.74 Å². The number of amides is 1. The maximum Gasteiger partial charge on any atom is 0.410 e. The first-order chi connectivity index (χ1) is 15.2. The SMILES string of the molecule is Cc1cn2nc(-n3ncc4sc(C5CCN(C(=O)OC(C)(C)C)CC5)cc43)cc(C)c2n1. The van der Waals surface area contributed by atoms with Gasteiger partial charge in [0.05, 0.1) is 28.3 Å². The molecule has 1 saturated heterocycles. The maximum absolute atomic E-state index is 12.4. The van der Waals surface area contributed by atoms with Crippen molar-refractivity contribution in [3.05, 3.63) is 40.7 Å². The highest BCUT2D eigenvalue weighted by Crippen LogP contribution is 2.37. The molecule has 4 aromatic rings. The third-order valence-electron chi connectivity index (χ3n) is 5.76. The molecule has 0 spiro atoms. The molecule has 4 aromatic heterocycles. The van der Waals surface area contributed by atoms with Crippen molar-refractivity contribution < 1.29 is 9.53 Å². The van der Waals surface area contributed by atoms with Gasteiger partial charge in [-0.3, -0.25) is 0 Å². The Morgan fingerprint density at radius 1 is 1.19 bits per heavy atom. The summed E-state index contributed by atoms with van der Waals surface area (Å²) in [5.41, 5.74) is 3.49. The lowest BCUT2D eigenvalue weighted by Gasteiger charge is -2.33. The highest BCUT2D eigenvalue weighted by atomic mass is 32.1. The summed E-state index contributed by atoms with van der Waals surface area (Å²) in [6.45, 7) is 11.2. The van der Waals surface area contributed by atoms with Crippen LogP contribution in [0.5, 0.6) is 0 Å². The van der Waals surface area contributed by atoms with Crippen LogP contribution < -0.4 is 0 Å². The van der Waals surface area contributed by atoms with E-state index in [-0.39, 0.29) is 6.09 Å². The lowest BCUT2D eigenvalue weighted by Crippen LogP contribution is -2.41. The number of ether oxygens (including phenoxy) is 1. The topological polar surface area (TPSA) is 77.6 Å². The Kier molecular flexibility index (Phi) is 4.96. The molecule has 0 atom stereocenters. The molecule has 168 valence electrons. The average Bonchev–Trinajstić information content (AvgIpc) is 3.40. The van der Waals surface area contributed by atoms with Crippen LogP contribution in [0.15, 0.2) is 24.5 Å². The summed E-state index contributed by atoms with van der Waals surface area (Å²) in [5.74, 6) is 1.22. The Bertz CT molecular complexity index is 1300. The molecule has 0 radical (unpaired) electrons. The molecule has 5 heterocycles. The number of hydrogen-bond acceptors (Lipinski definition) is 6. The zero-order chi connectivity index (χ0) is 22.6. The van der Waals surface area contributed by atoms with Crippen molar-refractivity contribution in [2.45, 2.75) is 59.0 Å². The van der Waals surface area contributed by atoms with Crippen molar-refractivity contribution in [1.29, 1.82) is 0 Å². The number of rotatable bonds is 2. The summed E-state index contributed by atoms with van der Waals surface area (Å²) in [5, 5.41) is 9.33. The predicted molar refractivity (Wildman–Crippen MR) is 125 cm³/mol. The summed E-state index contributed by atoms with van der Waals surface area (Å²) >= 11 is 1.79. The number of carbonyl (C=O) groups excluding carboxylic acids is 1. The lowest BCUT2D eigenvalue weighted by atomic mass is 9.95. The fourth-order valence-corrected chi connectivity index (χ4v) is 5.41. The number of carbonyl (C=O) groups is 1. The molecule has 0 unspecified atom stereocenters. The van der Waals surface area contributed by atoms with Gasteiger partial charge in [-0.2, -0.15) is 5.10 Å². The van der Waals surface area contributed by atoms with Crippen molar-refractivity contribution in [2.24, 2.45) is 0 Å². The average molecular weight is 453 g/mol. The minimum absolute atomic E-state index is 0.213. The molecule has 5 rings (SSSR count). The van der Waals surface area contributed by atoms with E-state index >= 15 is 0 Å². The quantitative estimate of drug-likeness (QED) is 0.434. The number of piperidine rings is 1. The fourth-order valence-electron chi connectivity index (χ4n) is 4.23. The van der Waals surface area contributed by atoms with Gasteiger partial charge >= 0.3 is 6.09 Å². The summed E-state index contributed by atoms with van der Waals surface area (Å²) in [6.07, 6.45) is 5.51. The van der Waals surface area contributed by atoms with Crippen LogP contribution in [0, 0.1) is 13.8 Å². The van der Waals surface area contributed by atoms with Gasteiger partial charge in [-0.1, -0.05) is 0 Å². The van der Waals surface area contributed by atoms with Gasteiger partial charge in [0.1, 0.15) is 5.60 Å². The van der Waals surface area contributed by atoms with Crippen LogP contribution >= 0.6 is 11.3 Å². The zero-order valence-corrected chi connectivity index (χ0v) is 19.9. The van der Waals surface area contributed by atoms with E-state index < -0.39 is 5.60 Å². The third-order valence-corrected chi connectivity index (χ3v) is 6.98. The number of aromatic nitrogens is 5. The number of imidazole rings is 1. The van der Waals surface area contributed by atoms with E-state index in [2.05, 4.69) is 16.1 Å². The predicted octanol–water partition coefficient (Wildman–Crippen LogP) is 4.86. The first-order valence-corrected chi connectivity index (χ1v) is 11.8.